The second-order valence-electron chi connectivity index (χ2n) is 6.17. The van der Waals surface area contributed by atoms with E-state index >= 15 is 0 Å². The van der Waals surface area contributed by atoms with Crippen LogP contribution < -0.4 is 10.4 Å². The molecule has 3 rings (SSSR count). The summed E-state index contributed by atoms with van der Waals surface area (Å²) in [6.07, 6.45) is -2.45. The van der Waals surface area contributed by atoms with E-state index in [1.165, 1.54) is 18.3 Å². The fourth-order valence-electron chi connectivity index (χ4n) is 2.23. The van der Waals surface area contributed by atoms with E-state index in [-0.39, 0.29) is 35.1 Å². The molecule has 0 saturated heterocycles. The third-order valence-electron chi connectivity index (χ3n) is 3.48. The van der Waals surface area contributed by atoms with Crippen molar-refractivity contribution in [3.8, 4) is 17.7 Å². The van der Waals surface area contributed by atoms with E-state index in [1.54, 1.807) is 13.8 Å². The van der Waals surface area contributed by atoms with Crippen molar-refractivity contribution in [1.29, 1.82) is 5.26 Å². The number of alkyl halides is 3. The summed E-state index contributed by atoms with van der Waals surface area (Å²) in [4.78, 5) is 23.2. The molecular formula is C17H14F3N9O. The van der Waals surface area contributed by atoms with E-state index in [2.05, 4.69) is 35.2 Å². The van der Waals surface area contributed by atoms with Gasteiger partial charge in [0.25, 0.3) is 5.95 Å². The summed E-state index contributed by atoms with van der Waals surface area (Å²) in [5.74, 6) is -1.03. The van der Waals surface area contributed by atoms with Crippen molar-refractivity contribution in [3.63, 3.8) is 0 Å². The molecule has 0 spiro atoms. The number of hydrogen-bond acceptors (Lipinski definition) is 10. The summed E-state index contributed by atoms with van der Waals surface area (Å²) < 4.78 is 39.0. The van der Waals surface area contributed by atoms with Gasteiger partial charge in [-0.1, -0.05) is 0 Å². The minimum atomic E-state index is -4.68. The highest BCUT2D eigenvalue weighted by Crippen LogP contribution is 2.29. The number of nitrogens with zero attached hydrogens (tertiary/aromatic N) is 8. The number of nitriles is 1. The standard InChI is InChI=1S/C17H14F3N9O/c1-9(2)24-15-26-14(13-23-6-4-12(25-13)17(18,19)20)27-16(28-15)29(30)11-3-5-22-10(7-11)8-21/h3-7,9,30H,1-2H3,(H,24,26,27,28). The second kappa shape index (κ2) is 8.21. The Morgan fingerprint density at radius 3 is 2.47 bits per heavy atom. The molecule has 0 aliphatic heterocycles. The molecule has 3 aromatic heterocycles. The smallest absolute Gasteiger partial charge is 0.352 e. The van der Waals surface area contributed by atoms with E-state index in [0.29, 0.717) is 5.06 Å². The number of nitrogens with one attached hydrogen (secondary N) is 1. The predicted molar refractivity (Wildman–Crippen MR) is 97.5 cm³/mol. The Hall–Kier alpha value is -3.92. The van der Waals surface area contributed by atoms with Crippen LogP contribution >= 0.6 is 0 Å². The van der Waals surface area contributed by atoms with Gasteiger partial charge in [-0.05, 0) is 26.0 Å². The first-order valence-corrected chi connectivity index (χ1v) is 8.45. The molecule has 2 N–H and O–H groups in total. The van der Waals surface area contributed by atoms with Crippen molar-refractivity contribution in [3.05, 3.63) is 42.0 Å². The van der Waals surface area contributed by atoms with Crippen LogP contribution in [0.15, 0.2) is 30.6 Å². The van der Waals surface area contributed by atoms with Crippen molar-refractivity contribution in [2.45, 2.75) is 26.1 Å². The molecule has 0 bridgehead atoms. The van der Waals surface area contributed by atoms with Crippen molar-refractivity contribution >= 4 is 17.6 Å². The maximum Gasteiger partial charge on any atom is 0.433 e. The van der Waals surface area contributed by atoms with Gasteiger partial charge >= 0.3 is 6.18 Å². The molecule has 10 nitrogen and oxygen atoms in total. The van der Waals surface area contributed by atoms with Crippen molar-refractivity contribution in [2.75, 3.05) is 10.4 Å². The summed E-state index contributed by atoms with van der Waals surface area (Å²) in [5.41, 5.74) is -1.02. The molecule has 13 heteroatoms. The van der Waals surface area contributed by atoms with Gasteiger partial charge in [-0.3, -0.25) is 5.21 Å². The molecule has 0 aromatic carbocycles. The van der Waals surface area contributed by atoms with Crippen LogP contribution in [0.5, 0.6) is 0 Å². The number of halogens is 3. The van der Waals surface area contributed by atoms with Crippen LogP contribution in [0.1, 0.15) is 25.2 Å². The fraction of sp³-hybridized carbons (Fsp3) is 0.235. The molecule has 0 radical (unpaired) electrons. The lowest BCUT2D eigenvalue weighted by atomic mass is 10.3. The summed E-state index contributed by atoms with van der Waals surface area (Å²) in [7, 11) is 0. The van der Waals surface area contributed by atoms with Gasteiger partial charge in [0.2, 0.25) is 11.8 Å². The zero-order chi connectivity index (χ0) is 21.9. The van der Waals surface area contributed by atoms with Gasteiger partial charge in [-0.15, -0.1) is 0 Å². The van der Waals surface area contributed by atoms with Gasteiger partial charge in [-0.25, -0.2) is 15.0 Å². The van der Waals surface area contributed by atoms with E-state index in [9.17, 15) is 18.4 Å². The highest BCUT2D eigenvalue weighted by atomic mass is 19.4. The third kappa shape index (κ3) is 4.73. The average Bonchev–Trinajstić information content (AvgIpc) is 2.72. The maximum absolute atomic E-state index is 13.0. The number of hydrogen-bond donors (Lipinski definition) is 2. The molecule has 30 heavy (non-hydrogen) atoms. The lowest BCUT2D eigenvalue weighted by Crippen LogP contribution is -2.19. The van der Waals surface area contributed by atoms with Gasteiger partial charge in [0.1, 0.15) is 17.5 Å². The zero-order valence-electron chi connectivity index (χ0n) is 15.6. The summed E-state index contributed by atoms with van der Waals surface area (Å²) >= 11 is 0. The Balaban J connectivity index is 2.10. The fourth-order valence-corrected chi connectivity index (χ4v) is 2.23. The van der Waals surface area contributed by atoms with E-state index in [1.807, 2.05) is 6.07 Å². The van der Waals surface area contributed by atoms with Crippen LogP contribution in [-0.2, 0) is 6.18 Å². The average molecular weight is 417 g/mol. The molecule has 0 amide bonds. The highest BCUT2D eigenvalue weighted by molar-refractivity contribution is 5.58. The van der Waals surface area contributed by atoms with Crippen LogP contribution in [-0.4, -0.2) is 41.2 Å². The van der Waals surface area contributed by atoms with Crippen LogP contribution in [0.2, 0.25) is 0 Å². The van der Waals surface area contributed by atoms with Gasteiger partial charge in [-0.2, -0.15) is 38.4 Å². The van der Waals surface area contributed by atoms with Crippen molar-refractivity contribution < 1.29 is 18.4 Å². The van der Waals surface area contributed by atoms with E-state index in [0.717, 1.165) is 12.3 Å². The molecule has 3 aromatic rings. The third-order valence-corrected chi connectivity index (χ3v) is 3.48. The monoisotopic (exact) mass is 417 g/mol. The molecule has 154 valence electrons. The first-order valence-electron chi connectivity index (χ1n) is 8.45. The quantitative estimate of drug-likeness (QED) is 0.596. The van der Waals surface area contributed by atoms with Gasteiger partial charge in [0, 0.05) is 24.5 Å². The number of aromatic nitrogens is 6. The molecule has 0 atom stereocenters. The Morgan fingerprint density at radius 1 is 1.07 bits per heavy atom. The van der Waals surface area contributed by atoms with E-state index < -0.39 is 17.7 Å². The molecule has 0 aliphatic rings. The van der Waals surface area contributed by atoms with Crippen LogP contribution in [0.25, 0.3) is 11.6 Å². The van der Waals surface area contributed by atoms with Crippen LogP contribution in [0, 0.1) is 11.3 Å². The van der Waals surface area contributed by atoms with E-state index in [4.69, 9.17) is 5.26 Å². The Bertz CT molecular complexity index is 1100. The van der Waals surface area contributed by atoms with Gasteiger partial charge in [0.15, 0.2) is 5.82 Å². The summed E-state index contributed by atoms with van der Waals surface area (Å²) in [6.45, 7) is 3.59. The minimum Gasteiger partial charge on any atom is -0.352 e. The van der Waals surface area contributed by atoms with Crippen molar-refractivity contribution in [1.82, 2.24) is 29.9 Å². The maximum atomic E-state index is 13.0. The molecule has 0 fully saturated rings. The highest BCUT2D eigenvalue weighted by Gasteiger charge is 2.33. The normalized spacial score (nSPS) is 11.3. The SMILES string of the molecule is CC(C)Nc1nc(-c2nccc(C(F)(F)F)n2)nc(N(O)c2ccnc(C#N)c2)n1. The molecule has 0 saturated carbocycles. The minimum absolute atomic E-state index is 0.0142. The summed E-state index contributed by atoms with van der Waals surface area (Å²) in [6, 6.07) is 5.08. The first-order chi connectivity index (χ1) is 14.2. The molecule has 0 aliphatic carbocycles. The molecular weight excluding hydrogens is 403 g/mol. The number of rotatable bonds is 5. The number of pyridine rings is 1. The zero-order valence-corrected chi connectivity index (χ0v) is 15.6. The van der Waals surface area contributed by atoms with Crippen LogP contribution in [0.4, 0.5) is 30.8 Å². The molecule has 3 heterocycles. The Kier molecular flexibility index (Phi) is 5.70. The summed E-state index contributed by atoms with van der Waals surface area (Å²) in [5, 5.41) is 22.9. The topological polar surface area (TPSA) is 137 Å². The largest absolute Gasteiger partial charge is 0.433 e. The Labute approximate surface area is 168 Å². The van der Waals surface area contributed by atoms with Crippen molar-refractivity contribution in [2.24, 2.45) is 0 Å². The molecule has 0 unspecified atom stereocenters. The number of anilines is 3. The van der Waals surface area contributed by atoms with Gasteiger partial charge < -0.3 is 5.32 Å². The van der Waals surface area contributed by atoms with Gasteiger partial charge in [0.05, 0.1) is 5.69 Å². The Morgan fingerprint density at radius 2 is 1.80 bits per heavy atom. The lowest BCUT2D eigenvalue weighted by molar-refractivity contribution is -0.141. The lowest BCUT2D eigenvalue weighted by Gasteiger charge is -2.17. The second-order valence-corrected chi connectivity index (χ2v) is 6.17. The first kappa shape index (κ1) is 20.8. The predicted octanol–water partition coefficient (Wildman–Crippen LogP) is 2.96. The van der Waals surface area contributed by atoms with Crippen LogP contribution in [0.3, 0.4) is 0 Å².